The van der Waals surface area contributed by atoms with Gasteiger partial charge in [-0.05, 0) is 43.2 Å². The van der Waals surface area contributed by atoms with Crippen molar-refractivity contribution < 1.29 is 13.5 Å². The third-order valence-corrected chi connectivity index (χ3v) is 2.87. The molecule has 100 valence electrons. The molecule has 0 bridgehead atoms. The number of nitrogens with two attached hydrogens (primary N) is 1. The standard InChI is InChI=1S/C15H15F2NO/c1-9-6-10(2)15(14(18)7-9)19-8-11-12(16)4-3-5-13(11)17/h3-7H,8,18H2,1-2H3. The van der Waals surface area contributed by atoms with Crippen LogP contribution < -0.4 is 10.5 Å². The highest BCUT2D eigenvalue weighted by Gasteiger charge is 2.11. The minimum Gasteiger partial charge on any atom is -0.486 e. The molecule has 4 heteroatoms. The van der Waals surface area contributed by atoms with E-state index in [1.165, 1.54) is 18.2 Å². The zero-order valence-corrected chi connectivity index (χ0v) is 10.8. The Labute approximate surface area is 110 Å². The van der Waals surface area contributed by atoms with E-state index in [2.05, 4.69) is 0 Å². The number of nitrogen functional groups attached to an aromatic ring is 1. The van der Waals surface area contributed by atoms with Gasteiger partial charge in [-0.3, -0.25) is 0 Å². The number of benzene rings is 2. The van der Waals surface area contributed by atoms with Crippen molar-refractivity contribution in [3.63, 3.8) is 0 Å². The quantitative estimate of drug-likeness (QED) is 0.856. The van der Waals surface area contributed by atoms with Gasteiger partial charge >= 0.3 is 0 Å². The molecule has 2 rings (SSSR count). The van der Waals surface area contributed by atoms with E-state index < -0.39 is 11.6 Å². The van der Waals surface area contributed by atoms with E-state index in [1.54, 1.807) is 6.07 Å². The highest BCUT2D eigenvalue weighted by molar-refractivity contribution is 5.58. The highest BCUT2D eigenvalue weighted by atomic mass is 19.1. The number of halogens is 2. The van der Waals surface area contributed by atoms with Crippen molar-refractivity contribution in [3.8, 4) is 5.75 Å². The number of hydrogen-bond acceptors (Lipinski definition) is 2. The molecule has 0 aromatic heterocycles. The summed E-state index contributed by atoms with van der Waals surface area (Å²) in [7, 11) is 0. The van der Waals surface area contributed by atoms with Crippen LogP contribution in [0.4, 0.5) is 14.5 Å². The van der Waals surface area contributed by atoms with E-state index in [1.807, 2.05) is 19.9 Å². The van der Waals surface area contributed by atoms with Gasteiger partial charge in [0.15, 0.2) is 0 Å². The lowest BCUT2D eigenvalue weighted by molar-refractivity contribution is 0.292. The summed E-state index contributed by atoms with van der Waals surface area (Å²) in [5.41, 5.74) is 8.08. The van der Waals surface area contributed by atoms with E-state index in [0.29, 0.717) is 11.4 Å². The third kappa shape index (κ3) is 2.84. The molecule has 19 heavy (non-hydrogen) atoms. The van der Waals surface area contributed by atoms with Crippen LogP contribution in [0.25, 0.3) is 0 Å². The van der Waals surface area contributed by atoms with Crippen molar-refractivity contribution in [2.24, 2.45) is 0 Å². The van der Waals surface area contributed by atoms with Gasteiger partial charge in [-0.25, -0.2) is 8.78 Å². The first-order chi connectivity index (χ1) is 8.99. The number of hydrogen-bond donors (Lipinski definition) is 1. The number of anilines is 1. The Balaban J connectivity index is 2.24. The summed E-state index contributed by atoms with van der Waals surface area (Å²) in [6.45, 7) is 3.58. The van der Waals surface area contributed by atoms with Gasteiger partial charge < -0.3 is 10.5 Å². The first-order valence-electron chi connectivity index (χ1n) is 5.91. The van der Waals surface area contributed by atoms with Gasteiger partial charge in [-0.2, -0.15) is 0 Å². The summed E-state index contributed by atoms with van der Waals surface area (Å²) in [5, 5.41) is 0. The monoisotopic (exact) mass is 263 g/mol. The summed E-state index contributed by atoms with van der Waals surface area (Å²) in [6.07, 6.45) is 0. The fourth-order valence-corrected chi connectivity index (χ4v) is 2.00. The van der Waals surface area contributed by atoms with Crippen molar-refractivity contribution in [1.82, 2.24) is 0 Å². The number of aryl methyl sites for hydroxylation is 2. The van der Waals surface area contributed by atoms with Gasteiger partial charge in [0, 0.05) is 0 Å². The topological polar surface area (TPSA) is 35.2 Å². The van der Waals surface area contributed by atoms with Crippen molar-refractivity contribution in [1.29, 1.82) is 0 Å². The molecule has 2 aromatic carbocycles. The predicted octanol–water partition coefficient (Wildman–Crippen LogP) is 3.74. The maximum absolute atomic E-state index is 13.5. The van der Waals surface area contributed by atoms with Crippen LogP contribution in [0.3, 0.4) is 0 Å². The Morgan fingerprint density at radius 3 is 2.32 bits per heavy atom. The molecule has 2 N–H and O–H groups in total. The molecular formula is C15H15F2NO. The average molecular weight is 263 g/mol. The Hall–Kier alpha value is -2.10. The van der Waals surface area contributed by atoms with Crippen molar-refractivity contribution >= 4 is 5.69 Å². The molecule has 0 fully saturated rings. The van der Waals surface area contributed by atoms with E-state index >= 15 is 0 Å². The lowest BCUT2D eigenvalue weighted by atomic mass is 10.1. The summed E-state index contributed by atoms with van der Waals surface area (Å²) in [4.78, 5) is 0. The highest BCUT2D eigenvalue weighted by Crippen LogP contribution is 2.28. The van der Waals surface area contributed by atoms with Crippen LogP contribution in [-0.2, 0) is 6.61 Å². The van der Waals surface area contributed by atoms with Crippen LogP contribution in [-0.4, -0.2) is 0 Å². The molecule has 0 aliphatic rings. The van der Waals surface area contributed by atoms with Crippen LogP contribution in [0, 0.1) is 25.5 Å². The molecule has 0 aliphatic carbocycles. The second-order valence-corrected chi connectivity index (χ2v) is 4.49. The van der Waals surface area contributed by atoms with E-state index in [-0.39, 0.29) is 12.2 Å². The lowest BCUT2D eigenvalue weighted by Gasteiger charge is -2.13. The van der Waals surface area contributed by atoms with E-state index in [0.717, 1.165) is 11.1 Å². The second kappa shape index (κ2) is 5.26. The average Bonchev–Trinajstić information content (AvgIpc) is 2.31. The molecule has 0 radical (unpaired) electrons. The van der Waals surface area contributed by atoms with Gasteiger partial charge in [-0.15, -0.1) is 0 Å². The van der Waals surface area contributed by atoms with E-state index in [4.69, 9.17) is 10.5 Å². The first kappa shape index (κ1) is 13.3. The summed E-state index contributed by atoms with van der Waals surface area (Å²) in [5.74, 6) is -0.778. The van der Waals surface area contributed by atoms with E-state index in [9.17, 15) is 8.78 Å². The summed E-state index contributed by atoms with van der Waals surface area (Å²) >= 11 is 0. The van der Waals surface area contributed by atoms with Crippen molar-refractivity contribution in [2.75, 3.05) is 5.73 Å². The van der Waals surface area contributed by atoms with Gasteiger partial charge in [0.05, 0.1) is 11.3 Å². The zero-order valence-electron chi connectivity index (χ0n) is 10.8. The molecule has 0 aliphatic heterocycles. The molecule has 2 aromatic rings. The Bertz CT molecular complexity index is 568. The largest absolute Gasteiger partial charge is 0.486 e. The van der Waals surface area contributed by atoms with Gasteiger partial charge in [0.1, 0.15) is 24.0 Å². The summed E-state index contributed by atoms with van der Waals surface area (Å²) < 4.78 is 32.4. The Kier molecular flexibility index (Phi) is 3.69. The molecule has 0 heterocycles. The predicted molar refractivity (Wildman–Crippen MR) is 71.0 cm³/mol. The number of ether oxygens (including phenoxy) is 1. The van der Waals surface area contributed by atoms with Gasteiger partial charge in [0.25, 0.3) is 0 Å². The molecule has 0 amide bonds. The molecule has 0 saturated carbocycles. The lowest BCUT2D eigenvalue weighted by Crippen LogP contribution is -2.05. The molecule has 2 nitrogen and oxygen atoms in total. The normalized spacial score (nSPS) is 10.5. The van der Waals surface area contributed by atoms with Gasteiger partial charge in [-0.1, -0.05) is 12.1 Å². The van der Waals surface area contributed by atoms with Crippen LogP contribution in [0.2, 0.25) is 0 Å². The summed E-state index contributed by atoms with van der Waals surface area (Å²) in [6, 6.07) is 7.39. The maximum Gasteiger partial charge on any atom is 0.145 e. The fraction of sp³-hybridized carbons (Fsp3) is 0.200. The second-order valence-electron chi connectivity index (χ2n) is 4.49. The molecule has 0 unspecified atom stereocenters. The fourth-order valence-electron chi connectivity index (χ4n) is 2.00. The van der Waals surface area contributed by atoms with Crippen molar-refractivity contribution in [2.45, 2.75) is 20.5 Å². The first-order valence-corrected chi connectivity index (χ1v) is 5.91. The van der Waals surface area contributed by atoms with Crippen LogP contribution in [0.1, 0.15) is 16.7 Å². The Morgan fingerprint density at radius 2 is 1.74 bits per heavy atom. The van der Waals surface area contributed by atoms with Crippen molar-refractivity contribution in [3.05, 3.63) is 58.7 Å². The molecular weight excluding hydrogens is 248 g/mol. The van der Waals surface area contributed by atoms with Crippen LogP contribution in [0.5, 0.6) is 5.75 Å². The minimum absolute atomic E-state index is 0.0955. The molecule has 0 saturated heterocycles. The smallest absolute Gasteiger partial charge is 0.145 e. The van der Waals surface area contributed by atoms with Crippen LogP contribution >= 0.6 is 0 Å². The molecule has 0 atom stereocenters. The minimum atomic E-state index is -0.622. The maximum atomic E-state index is 13.5. The SMILES string of the molecule is Cc1cc(C)c(OCc2c(F)cccc2F)c(N)c1. The zero-order chi connectivity index (χ0) is 14.0. The Morgan fingerprint density at radius 1 is 1.11 bits per heavy atom. The molecule has 0 spiro atoms. The van der Waals surface area contributed by atoms with Gasteiger partial charge in [0.2, 0.25) is 0 Å². The van der Waals surface area contributed by atoms with Crippen LogP contribution in [0.15, 0.2) is 30.3 Å². The number of rotatable bonds is 3. The third-order valence-electron chi connectivity index (χ3n) is 2.87.